The van der Waals surface area contributed by atoms with Crippen LogP contribution in [0, 0.1) is 10.8 Å². The summed E-state index contributed by atoms with van der Waals surface area (Å²) in [5, 5.41) is 8.48. The lowest BCUT2D eigenvalue weighted by atomic mass is 9.79. The van der Waals surface area contributed by atoms with E-state index in [4.69, 9.17) is 9.63 Å². The van der Waals surface area contributed by atoms with Crippen molar-refractivity contribution in [3.8, 4) is 0 Å². The van der Waals surface area contributed by atoms with E-state index in [1.54, 1.807) is 0 Å². The van der Waals surface area contributed by atoms with Gasteiger partial charge in [-0.2, -0.15) is 0 Å². The highest BCUT2D eigenvalue weighted by Crippen LogP contribution is 2.49. The number of phosphoric acid groups is 1. The molecule has 20 heavy (non-hydrogen) atoms. The maximum atomic E-state index is 11.9. The van der Waals surface area contributed by atoms with Gasteiger partial charge in [0.25, 0.3) is 0 Å². The Morgan fingerprint density at radius 2 is 1.70 bits per heavy atom. The summed E-state index contributed by atoms with van der Waals surface area (Å²) in [5.74, 6) is -1.09. The molecular formula is C13H27O6P. The summed E-state index contributed by atoms with van der Waals surface area (Å²) in [6.07, 6.45) is -0.223. The lowest BCUT2D eigenvalue weighted by Crippen LogP contribution is -2.32. The molecule has 2 unspecified atom stereocenters. The molecule has 0 saturated heterocycles. The Labute approximate surface area is 121 Å². The molecule has 6 nitrogen and oxygen atoms in total. The number of carboxylic acids is 1. The molecule has 0 amide bonds. The molecule has 0 fully saturated rings. The summed E-state index contributed by atoms with van der Waals surface area (Å²) in [6, 6.07) is 0. The molecule has 0 rings (SSSR count). The summed E-state index contributed by atoms with van der Waals surface area (Å²) in [7, 11) is -4.25. The number of aliphatic carboxylic acids is 1. The fourth-order valence-corrected chi connectivity index (χ4v) is 2.59. The Bertz CT molecular complexity index is 366. The standard InChI is InChI=1S/C13H27O6P/c1-12(2,3)9-10(13(4,5)6)19-20(16,17)18-8-7-11(14)15/h10H,7-9H2,1-6H3,(H,14,15)(H,16,17). The number of hydrogen-bond donors (Lipinski definition) is 2. The molecule has 0 radical (unpaired) electrons. The van der Waals surface area contributed by atoms with Gasteiger partial charge in [0.1, 0.15) is 0 Å². The lowest BCUT2D eigenvalue weighted by Gasteiger charge is -2.35. The van der Waals surface area contributed by atoms with Crippen LogP contribution in [0.1, 0.15) is 54.4 Å². The average Bonchev–Trinajstić information content (AvgIpc) is 2.10. The van der Waals surface area contributed by atoms with Gasteiger partial charge >= 0.3 is 13.8 Å². The van der Waals surface area contributed by atoms with Crippen molar-refractivity contribution in [2.24, 2.45) is 10.8 Å². The van der Waals surface area contributed by atoms with E-state index in [9.17, 15) is 14.3 Å². The normalized spacial score (nSPS) is 17.6. The highest BCUT2D eigenvalue weighted by atomic mass is 31.2. The Morgan fingerprint density at radius 3 is 2.05 bits per heavy atom. The summed E-state index contributed by atoms with van der Waals surface area (Å²) in [4.78, 5) is 20.0. The molecule has 120 valence electrons. The van der Waals surface area contributed by atoms with Crippen LogP contribution in [0.5, 0.6) is 0 Å². The van der Waals surface area contributed by atoms with Crippen LogP contribution in [0.25, 0.3) is 0 Å². The minimum absolute atomic E-state index is 0.0704. The van der Waals surface area contributed by atoms with Gasteiger partial charge in [-0.05, 0) is 17.3 Å². The molecule has 2 atom stereocenters. The van der Waals surface area contributed by atoms with Crippen molar-refractivity contribution in [2.45, 2.75) is 60.5 Å². The van der Waals surface area contributed by atoms with Crippen molar-refractivity contribution in [2.75, 3.05) is 6.61 Å². The monoisotopic (exact) mass is 310 g/mol. The molecular weight excluding hydrogens is 283 g/mol. The summed E-state index contributed by atoms with van der Waals surface area (Å²) < 4.78 is 21.8. The van der Waals surface area contributed by atoms with E-state index < -0.39 is 19.9 Å². The minimum atomic E-state index is -4.25. The SMILES string of the molecule is CC(C)(C)CC(OP(=O)(O)OCCC(=O)O)C(C)(C)C. The molecule has 0 aromatic heterocycles. The zero-order valence-electron chi connectivity index (χ0n) is 13.2. The minimum Gasteiger partial charge on any atom is -0.481 e. The van der Waals surface area contributed by atoms with Gasteiger partial charge in [-0.15, -0.1) is 0 Å². The maximum Gasteiger partial charge on any atom is 0.472 e. The van der Waals surface area contributed by atoms with Crippen molar-refractivity contribution >= 4 is 13.8 Å². The van der Waals surface area contributed by atoms with Gasteiger partial charge < -0.3 is 10.00 Å². The highest BCUT2D eigenvalue weighted by molar-refractivity contribution is 7.47. The van der Waals surface area contributed by atoms with Crippen LogP contribution in [-0.2, 0) is 18.4 Å². The molecule has 0 aliphatic carbocycles. The first kappa shape index (κ1) is 19.6. The molecule has 0 bridgehead atoms. The van der Waals surface area contributed by atoms with Crippen molar-refractivity contribution < 1.29 is 28.4 Å². The van der Waals surface area contributed by atoms with E-state index in [-0.39, 0.29) is 23.9 Å². The Hall–Kier alpha value is -0.420. The fraction of sp³-hybridized carbons (Fsp3) is 0.923. The summed E-state index contributed by atoms with van der Waals surface area (Å²) in [5.41, 5.74) is -0.402. The second-order valence-corrected chi connectivity index (χ2v) is 8.58. The molecule has 0 spiro atoms. The lowest BCUT2D eigenvalue weighted by molar-refractivity contribution is -0.137. The third-order valence-electron chi connectivity index (χ3n) is 2.59. The molecule has 0 heterocycles. The van der Waals surface area contributed by atoms with E-state index in [2.05, 4.69) is 4.52 Å². The van der Waals surface area contributed by atoms with Gasteiger partial charge in [0.05, 0.1) is 19.1 Å². The van der Waals surface area contributed by atoms with Gasteiger partial charge in [0.2, 0.25) is 0 Å². The summed E-state index contributed by atoms with van der Waals surface area (Å²) in [6.45, 7) is 11.4. The third-order valence-corrected chi connectivity index (χ3v) is 3.62. The second kappa shape index (κ2) is 7.03. The van der Waals surface area contributed by atoms with E-state index in [0.29, 0.717) is 6.42 Å². The number of carboxylic acid groups (broad SMARTS) is 1. The Balaban J connectivity index is 4.71. The Morgan fingerprint density at radius 1 is 1.20 bits per heavy atom. The first-order valence-corrected chi connectivity index (χ1v) is 8.10. The van der Waals surface area contributed by atoms with Gasteiger partial charge in [-0.25, -0.2) is 4.57 Å². The van der Waals surface area contributed by atoms with Crippen LogP contribution in [0.2, 0.25) is 0 Å². The van der Waals surface area contributed by atoms with Gasteiger partial charge in [0, 0.05) is 0 Å². The number of hydrogen-bond acceptors (Lipinski definition) is 4. The summed E-state index contributed by atoms with van der Waals surface area (Å²) >= 11 is 0. The molecule has 0 aliphatic rings. The first-order chi connectivity index (χ1) is 8.73. The highest BCUT2D eigenvalue weighted by Gasteiger charge is 2.36. The predicted molar refractivity (Wildman–Crippen MR) is 76.4 cm³/mol. The molecule has 0 aromatic rings. The van der Waals surface area contributed by atoms with Crippen LogP contribution in [0.4, 0.5) is 0 Å². The van der Waals surface area contributed by atoms with Gasteiger partial charge in [-0.1, -0.05) is 41.5 Å². The largest absolute Gasteiger partial charge is 0.481 e. The van der Waals surface area contributed by atoms with E-state index in [1.807, 2.05) is 41.5 Å². The maximum absolute atomic E-state index is 11.9. The molecule has 7 heteroatoms. The predicted octanol–water partition coefficient (Wildman–Crippen LogP) is 3.45. The number of rotatable bonds is 7. The number of carbonyl (C=O) groups is 1. The average molecular weight is 310 g/mol. The molecule has 0 aromatic carbocycles. The smallest absolute Gasteiger partial charge is 0.472 e. The van der Waals surface area contributed by atoms with Crippen LogP contribution in [0.3, 0.4) is 0 Å². The quantitative estimate of drug-likeness (QED) is 0.700. The van der Waals surface area contributed by atoms with Crippen LogP contribution in [0.15, 0.2) is 0 Å². The van der Waals surface area contributed by atoms with Crippen molar-refractivity contribution in [3.63, 3.8) is 0 Å². The van der Waals surface area contributed by atoms with Crippen molar-refractivity contribution in [3.05, 3.63) is 0 Å². The fourth-order valence-electron chi connectivity index (χ4n) is 1.50. The number of phosphoric ester groups is 1. The van der Waals surface area contributed by atoms with Crippen LogP contribution < -0.4 is 0 Å². The second-order valence-electron chi connectivity index (χ2n) is 7.17. The van der Waals surface area contributed by atoms with Crippen LogP contribution in [-0.4, -0.2) is 28.7 Å². The van der Waals surface area contributed by atoms with Gasteiger partial charge in [0.15, 0.2) is 0 Å². The van der Waals surface area contributed by atoms with E-state index >= 15 is 0 Å². The zero-order chi connectivity index (χ0) is 16.2. The molecule has 0 saturated carbocycles. The Kier molecular flexibility index (Phi) is 6.88. The first-order valence-electron chi connectivity index (χ1n) is 6.60. The van der Waals surface area contributed by atoms with Gasteiger partial charge in [-0.3, -0.25) is 13.8 Å². The van der Waals surface area contributed by atoms with E-state index in [1.165, 1.54) is 0 Å². The molecule has 2 N–H and O–H groups in total. The van der Waals surface area contributed by atoms with Crippen LogP contribution >= 0.6 is 7.82 Å². The van der Waals surface area contributed by atoms with Crippen molar-refractivity contribution in [1.29, 1.82) is 0 Å². The zero-order valence-corrected chi connectivity index (χ0v) is 14.1. The topological polar surface area (TPSA) is 93.1 Å². The third kappa shape index (κ3) is 9.48. The van der Waals surface area contributed by atoms with E-state index in [0.717, 1.165) is 0 Å². The molecule has 0 aliphatic heterocycles. The van der Waals surface area contributed by atoms with Crippen molar-refractivity contribution in [1.82, 2.24) is 0 Å².